The van der Waals surface area contributed by atoms with E-state index in [-0.39, 0.29) is 5.82 Å². The number of rotatable bonds is 6. The summed E-state index contributed by atoms with van der Waals surface area (Å²) >= 11 is 0. The first-order chi connectivity index (χ1) is 17.6. The van der Waals surface area contributed by atoms with Crippen molar-refractivity contribution >= 4 is 21.9 Å². The summed E-state index contributed by atoms with van der Waals surface area (Å²) < 4.78 is 14.1. The molecule has 9 heteroatoms. The van der Waals surface area contributed by atoms with Crippen LogP contribution in [0.25, 0.3) is 55.8 Å². The average molecular weight is 479 g/mol. The van der Waals surface area contributed by atoms with Gasteiger partial charge in [0.05, 0.1) is 34.6 Å². The van der Waals surface area contributed by atoms with Gasteiger partial charge in [-0.1, -0.05) is 13.0 Å². The standard InChI is InChI=1S/C27H23FN8/c1-3-29-9-16-6-18(11-30-10-16)22-8-20-23(14-32-22)35-36-26(20)27-33-24-13-31-12-21(25(24)34-27)17-4-15(2)5-19(28)7-17/h4-8,10-14,29H,3,9H2,1-2H3,(H,33,34)(H,35,36). The number of nitrogens with zero attached hydrogens (tertiary/aromatic N) is 5. The highest BCUT2D eigenvalue weighted by atomic mass is 19.1. The third-order valence-corrected chi connectivity index (χ3v) is 6.09. The maximum Gasteiger partial charge on any atom is 0.159 e. The molecule has 0 atom stereocenters. The zero-order valence-electron chi connectivity index (χ0n) is 19.8. The molecule has 0 bridgehead atoms. The molecule has 0 fully saturated rings. The third-order valence-electron chi connectivity index (χ3n) is 6.09. The molecule has 0 saturated carbocycles. The van der Waals surface area contributed by atoms with E-state index in [0.29, 0.717) is 17.0 Å². The third kappa shape index (κ3) is 3.99. The number of imidazole rings is 1. The molecule has 0 aliphatic heterocycles. The molecule has 1 aromatic carbocycles. The van der Waals surface area contributed by atoms with Gasteiger partial charge in [-0.15, -0.1) is 0 Å². The van der Waals surface area contributed by atoms with Crippen molar-refractivity contribution in [1.29, 1.82) is 0 Å². The minimum atomic E-state index is -0.292. The fraction of sp³-hybridized carbons (Fsp3) is 0.148. The van der Waals surface area contributed by atoms with Crippen molar-refractivity contribution in [3.05, 3.63) is 78.3 Å². The minimum absolute atomic E-state index is 0.292. The van der Waals surface area contributed by atoms with E-state index in [9.17, 15) is 4.39 Å². The van der Waals surface area contributed by atoms with Crippen LogP contribution in [0.3, 0.4) is 0 Å². The number of pyridine rings is 3. The van der Waals surface area contributed by atoms with Crippen molar-refractivity contribution in [3.63, 3.8) is 0 Å². The summed E-state index contributed by atoms with van der Waals surface area (Å²) in [5.74, 6) is 0.301. The topological polar surface area (TPSA) is 108 Å². The Hall–Kier alpha value is -4.50. The summed E-state index contributed by atoms with van der Waals surface area (Å²) in [6, 6.07) is 9.00. The van der Waals surface area contributed by atoms with E-state index in [2.05, 4.69) is 48.4 Å². The Morgan fingerprint density at radius 2 is 1.81 bits per heavy atom. The van der Waals surface area contributed by atoms with Crippen molar-refractivity contribution in [1.82, 2.24) is 40.4 Å². The van der Waals surface area contributed by atoms with E-state index in [1.165, 1.54) is 12.1 Å². The number of nitrogens with one attached hydrogen (secondary N) is 3. The molecule has 6 rings (SSSR count). The highest BCUT2D eigenvalue weighted by Crippen LogP contribution is 2.32. The van der Waals surface area contributed by atoms with Gasteiger partial charge in [-0.2, -0.15) is 5.10 Å². The molecule has 0 aliphatic rings. The van der Waals surface area contributed by atoms with Crippen molar-refractivity contribution in [2.75, 3.05) is 6.54 Å². The van der Waals surface area contributed by atoms with Gasteiger partial charge in [-0.25, -0.2) is 9.37 Å². The molecule has 6 aromatic rings. The number of aromatic nitrogens is 7. The fourth-order valence-corrected chi connectivity index (χ4v) is 4.40. The normalized spacial score (nSPS) is 11.5. The molecule has 0 radical (unpaired) electrons. The van der Waals surface area contributed by atoms with Crippen molar-refractivity contribution in [2.45, 2.75) is 20.4 Å². The van der Waals surface area contributed by atoms with E-state index in [1.807, 2.05) is 31.5 Å². The minimum Gasteiger partial charge on any atom is -0.335 e. The van der Waals surface area contributed by atoms with Gasteiger partial charge in [0.15, 0.2) is 5.82 Å². The Morgan fingerprint density at radius 1 is 0.917 bits per heavy atom. The van der Waals surface area contributed by atoms with Gasteiger partial charge in [0.25, 0.3) is 0 Å². The number of hydrogen-bond acceptors (Lipinski definition) is 6. The van der Waals surface area contributed by atoms with Gasteiger partial charge in [-0.05, 0) is 54.4 Å². The van der Waals surface area contributed by atoms with Crippen LogP contribution in [0.4, 0.5) is 4.39 Å². The molecular weight excluding hydrogens is 455 g/mol. The molecule has 178 valence electrons. The summed E-state index contributed by atoms with van der Waals surface area (Å²) in [7, 11) is 0. The lowest BCUT2D eigenvalue weighted by Gasteiger charge is -2.05. The molecule has 0 amide bonds. The number of halogens is 1. The van der Waals surface area contributed by atoms with Crippen molar-refractivity contribution in [3.8, 4) is 33.9 Å². The maximum atomic E-state index is 14.1. The van der Waals surface area contributed by atoms with E-state index in [1.54, 1.807) is 18.6 Å². The summed E-state index contributed by atoms with van der Waals surface area (Å²) in [6.45, 7) is 5.57. The SMILES string of the molecule is CCNCc1cncc(-c2cc3c(-c4nc5c(-c6cc(C)cc(F)c6)cncc5[nH]4)n[nH]c3cn2)c1. The van der Waals surface area contributed by atoms with Crippen LogP contribution in [0.15, 0.2) is 61.3 Å². The molecule has 8 nitrogen and oxygen atoms in total. The predicted molar refractivity (Wildman–Crippen MR) is 138 cm³/mol. The number of aryl methyl sites for hydroxylation is 1. The van der Waals surface area contributed by atoms with Crippen LogP contribution in [0.5, 0.6) is 0 Å². The van der Waals surface area contributed by atoms with Gasteiger partial charge in [0.1, 0.15) is 11.5 Å². The highest BCUT2D eigenvalue weighted by Gasteiger charge is 2.17. The van der Waals surface area contributed by atoms with Crippen LogP contribution in [-0.2, 0) is 6.54 Å². The Morgan fingerprint density at radius 3 is 2.67 bits per heavy atom. The Labute approximate surface area is 206 Å². The van der Waals surface area contributed by atoms with Gasteiger partial charge in [-0.3, -0.25) is 20.1 Å². The van der Waals surface area contributed by atoms with E-state index < -0.39 is 0 Å². The van der Waals surface area contributed by atoms with Crippen LogP contribution >= 0.6 is 0 Å². The summed E-state index contributed by atoms with van der Waals surface area (Å²) in [5, 5.41) is 11.8. The first-order valence-electron chi connectivity index (χ1n) is 11.7. The molecule has 0 unspecified atom stereocenters. The largest absolute Gasteiger partial charge is 0.335 e. The second kappa shape index (κ2) is 8.94. The number of hydrogen-bond donors (Lipinski definition) is 3. The maximum absolute atomic E-state index is 14.1. The zero-order valence-corrected chi connectivity index (χ0v) is 19.8. The molecule has 5 heterocycles. The van der Waals surface area contributed by atoms with E-state index >= 15 is 0 Å². The molecule has 36 heavy (non-hydrogen) atoms. The quantitative estimate of drug-likeness (QED) is 0.304. The van der Waals surface area contributed by atoms with Gasteiger partial charge in [0, 0.05) is 41.6 Å². The first kappa shape index (κ1) is 22.0. The molecular formula is C27H23FN8. The van der Waals surface area contributed by atoms with E-state index in [0.717, 1.165) is 63.0 Å². The second-order valence-corrected chi connectivity index (χ2v) is 8.74. The fourth-order valence-electron chi connectivity index (χ4n) is 4.40. The van der Waals surface area contributed by atoms with Crippen LogP contribution in [-0.4, -0.2) is 41.7 Å². The molecule has 0 aliphatic carbocycles. The monoisotopic (exact) mass is 478 g/mol. The summed E-state index contributed by atoms with van der Waals surface area (Å²) in [4.78, 5) is 21.5. The first-order valence-corrected chi connectivity index (χ1v) is 11.7. The summed E-state index contributed by atoms with van der Waals surface area (Å²) in [6.07, 6.45) is 8.85. The van der Waals surface area contributed by atoms with E-state index in [4.69, 9.17) is 4.98 Å². The number of H-pyrrole nitrogens is 2. The molecule has 0 spiro atoms. The Balaban J connectivity index is 1.44. The number of aromatic amines is 2. The molecule has 0 saturated heterocycles. The Bertz CT molecular complexity index is 1700. The number of fused-ring (bicyclic) bond motifs is 2. The van der Waals surface area contributed by atoms with Gasteiger partial charge in [0.2, 0.25) is 0 Å². The Kier molecular flexibility index (Phi) is 5.46. The summed E-state index contributed by atoms with van der Waals surface area (Å²) in [5.41, 5.74) is 8.05. The average Bonchev–Trinajstić information content (AvgIpc) is 3.50. The lowest BCUT2D eigenvalue weighted by molar-refractivity contribution is 0.627. The van der Waals surface area contributed by atoms with Crippen LogP contribution < -0.4 is 5.32 Å². The lowest BCUT2D eigenvalue weighted by atomic mass is 10.0. The van der Waals surface area contributed by atoms with Crippen molar-refractivity contribution < 1.29 is 4.39 Å². The predicted octanol–water partition coefficient (Wildman–Crippen LogP) is 5.18. The lowest BCUT2D eigenvalue weighted by Crippen LogP contribution is -2.11. The molecule has 3 N–H and O–H groups in total. The molecule has 5 aromatic heterocycles. The zero-order chi connectivity index (χ0) is 24.6. The second-order valence-electron chi connectivity index (χ2n) is 8.74. The van der Waals surface area contributed by atoms with Gasteiger partial charge >= 0.3 is 0 Å². The van der Waals surface area contributed by atoms with Crippen LogP contribution in [0.2, 0.25) is 0 Å². The van der Waals surface area contributed by atoms with Crippen LogP contribution in [0, 0.1) is 12.7 Å². The van der Waals surface area contributed by atoms with Crippen molar-refractivity contribution in [2.24, 2.45) is 0 Å². The highest BCUT2D eigenvalue weighted by molar-refractivity contribution is 5.97. The van der Waals surface area contributed by atoms with Gasteiger partial charge < -0.3 is 10.3 Å². The van der Waals surface area contributed by atoms with Crippen LogP contribution in [0.1, 0.15) is 18.1 Å². The number of benzene rings is 1. The smallest absolute Gasteiger partial charge is 0.159 e.